The molecule has 0 spiro atoms. The van der Waals surface area contributed by atoms with Gasteiger partial charge >= 0.3 is 5.97 Å². The predicted octanol–water partition coefficient (Wildman–Crippen LogP) is 1.82. The third-order valence-electron chi connectivity index (χ3n) is 3.58. The maximum Gasteiger partial charge on any atom is 0.330 e. The van der Waals surface area contributed by atoms with Crippen LogP contribution in [0.15, 0.2) is 48.8 Å². The molecule has 0 saturated carbocycles. The zero-order valence-corrected chi connectivity index (χ0v) is 14.8. The second-order valence-corrected chi connectivity index (χ2v) is 5.58. The van der Waals surface area contributed by atoms with E-state index in [0.29, 0.717) is 18.1 Å². The molecule has 0 unspecified atom stereocenters. The van der Waals surface area contributed by atoms with E-state index in [4.69, 9.17) is 0 Å². The Labute approximate surface area is 152 Å². The van der Waals surface area contributed by atoms with Crippen LogP contribution in [0.2, 0.25) is 0 Å². The molecule has 0 aliphatic carbocycles. The second kappa shape index (κ2) is 9.93. The molecule has 26 heavy (non-hydrogen) atoms. The molecule has 0 aliphatic rings. The standard InChI is InChI=1S/C19H22N4O3/c1-14(19(25)20-11-10-15-6-4-3-5-7-15)23-17-13-21-16(12-22-17)8-9-18(24)26-2/h3-9,12-14H,10-11H2,1-2H3,(H,20,25)(H,22,23)/t14-/m1/s1. The minimum atomic E-state index is -0.463. The quantitative estimate of drug-likeness (QED) is 0.555. The molecule has 2 N–H and O–H groups in total. The lowest BCUT2D eigenvalue weighted by atomic mass is 10.1. The first kappa shape index (κ1) is 19.1. The average molecular weight is 354 g/mol. The number of hydrogen-bond acceptors (Lipinski definition) is 6. The number of esters is 1. The van der Waals surface area contributed by atoms with Gasteiger partial charge in [-0.1, -0.05) is 30.3 Å². The van der Waals surface area contributed by atoms with Gasteiger partial charge in [-0.05, 0) is 25.0 Å². The molecule has 136 valence electrons. The Morgan fingerprint density at radius 2 is 1.96 bits per heavy atom. The molecule has 1 aromatic carbocycles. The van der Waals surface area contributed by atoms with Gasteiger partial charge in [0.15, 0.2) is 0 Å². The van der Waals surface area contributed by atoms with Gasteiger partial charge in [0.1, 0.15) is 11.9 Å². The highest BCUT2D eigenvalue weighted by Gasteiger charge is 2.12. The van der Waals surface area contributed by atoms with E-state index >= 15 is 0 Å². The van der Waals surface area contributed by atoms with Crippen LogP contribution >= 0.6 is 0 Å². The van der Waals surface area contributed by atoms with Crippen molar-refractivity contribution in [3.63, 3.8) is 0 Å². The summed E-state index contributed by atoms with van der Waals surface area (Å²) < 4.78 is 4.50. The molecule has 0 fully saturated rings. The van der Waals surface area contributed by atoms with Crippen LogP contribution in [-0.4, -0.2) is 41.5 Å². The highest BCUT2D eigenvalue weighted by molar-refractivity contribution is 5.86. The molecule has 1 heterocycles. The van der Waals surface area contributed by atoms with E-state index in [1.807, 2.05) is 30.3 Å². The van der Waals surface area contributed by atoms with Gasteiger partial charge in [-0.15, -0.1) is 0 Å². The van der Waals surface area contributed by atoms with E-state index in [9.17, 15) is 9.59 Å². The Bertz CT molecular complexity index is 745. The first-order chi connectivity index (χ1) is 12.6. The van der Waals surface area contributed by atoms with Crippen LogP contribution in [0.5, 0.6) is 0 Å². The van der Waals surface area contributed by atoms with Gasteiger partial charge in [0.05, 0.1) is 25.2 Å². The number of methoxy groups -OCH3 is 1. The fourth-order valence-electron chi connectivity index (χ4n) is 2.14. The van der Waals surface area contributed by atoms with E-state index in [2.05, 4.69) is 25.3 Å². The maximum absolute atomic E-state index is 12.1. The highest BCUT2D eigenvalue weighted by atomic mass is 16.5. The van der Waals surface area contributed by atoms with Crippen LogP contribution in [0.1, 0.15) is 18.2 Å². The van der Waals surface area contributed by atoms with Gasteiger partial charge in [0.2, 0.25) is 5.91 Å². The molecule has 0 radical (unpaired) electrons. The molecule has 2 aromatic rings. The first-order valence-corrected chi connectivity index (χ1v) is 8.24. The lowest BCUT2D eigenvalue weighted by Gasteiger charge is -2.14. The maximum atomic E-state index is 12.1. The summed E-state index contributed by atoms with van der Waals surface area (Å²) in [5.41, 5.74) is 1.69. The fraction of sp³-hybridized carbons (Fsp3) is 0.263. The third kappa shape index (κ3) is 6.35. The lowest BCUT2D eigenvalue weighted by molar-refractivity contribution is -0.134. The number of carbonyl (C=O) groups is 2. The van der Waals surface area contributed by atoms with Crippen molar-refractivity contribution in [3.05, 3.63) is 60.1 Å². The summed E-state index contributed by atoms with van der Waals surface area (Å²) in [6.07, 6.45) is 6.55. The van der Waals surface area contributed by atoms with Crippen LogP contribution < -0.4 is 10.6 Å². The number of carbonyl (C=O) groups excluding carboxylic acids is 2. The van der Waals surface area contributed by atoms with Crippen LogP contribution in [0.4, 0.5) is 5.82 Å². The van der Waals surface area contributed by atoms with Crippen molar-refractivity contribution in [1.29, 1.82) is 0 Å². The number of ether oxygens (including phenoxy) is 1. The lowest BCUT2D eigenvalue weighted by Crippen LogP contribution is -2.38. The largest absolute Gasteiger partial charge is 0.466 e. The van der Waals surface area contributed by atoms with Gasteiger partial charge in [0.25, 0.3) is 0 Å². The summed E-state index contributed by atoms with van der Waals surface area (Å²) in [7, 11) is 1.30. The summed E-state index contributed by atoms with van der Waals surface area (Å²) >= 11 is 0. The molecule has 0 saturated heterocycles. The number of aromatic nitrogens is 2. The minimum absolute atomic E-state index is 0.114. The molecule has 1 aromatic heterocycles. The first-order valence-electron chi connectivity index (χ1n) is 8.24. The SMILES string of the molecule is COC(=O)C=Cc1cnc(N[C@H](C)C(=O)NCCc2ccccc2)cn1. The van der Waals surface area contributed by atoms with E-state index in [-0.39, 0.29) is 5.91 Å². The van der Waals surface area contributed by atoms with Crippen LogP contribution in [0.25, 0.3) is 6.08 Å². The monoisotopic (exact) mass is 354 g/mol. The summed E-state index contributed by atoms with van der Waals surface area (Å²) in [6.45, 7) is 2.32. The number of hydrogen-bond donors (Lipinski definition) is 2. The van der Waals surface area contributed by atoms with Crippen molar-refractivity contribution in [2.24, 2.45) is 0 Å². The van der Waals surface area contributed by atoms with Crippen LogP contribution in [0.3, 0.4) is 0 Å². The van der Waals surface area contributed by atoms with Crippen LogP contribution in [-0.2, 0) is 20.7 Å². The van der Waals surface area contributed by atoms with Crippen molar-refractivity contribution in [1.82, 2.24) is 15.3 Å². The fourth-order valence-corrected chi connectivity index (χ4v) is 2.14. The van der Waals surface area contributed by atoms with E-state index < -0.39 is 12.0 Å². The van der Waals surface area contributed by atoms with Crippen molar-refractivity contribution >= 4 is 23.8 Å². The summed E-state index contributed by atoms with van der Waals surface area (Å²) in [4.78, 5) is 31.5. The molecule has 7 heteroatoms. The zero-order valence-electron chi connectivity index (χ0n) is 14.8. The highest BCUT2D eigenvalue weighted by Crippen LogP contribution is 2.05. The Morgan fingerprint density at radius 3 is 2.62 bits per heavy atom. The van der Waals surface area contributed by atoms with E-state index in [0.717, 1.165) is 6.42 Å². The Morgan fingerprint density at radius 1 is 1.19 bits per heavy atom. The summed E-state index contributed by atoms with van der Waals surface area (Å²) in [5.74, 6) is -0.0990. The van der Waals surface area contributed by atoms with Crippen molar-refractivity contribution < 1.29 is 14.3 Å². The van der Waals surface area contributed by atoms with Gasteiger partial charge < -0.3 is 15.4 Å². The van der Waals surface area contributed by atoms with Crippen LogP contribution in [0, 0.1) is 0 Å². The number of nitrogens with zero attached hydrogens (tertiary/aromatic N) is 2. The average Bonchev–Trinajstić information content (AvgIpc) is 2.67. The Kier molecular flexibility index (Phi) is 7.30. The number of rotatable bonds is 8. The van der Waals surface area contributed by atoms with E-state index in [1.165, 1.54) is 37.2 Å². The smallest absolute Gasteiger partial charge is 0.330 e. The molecule has 2 rings (SSSR count). The second-order valence-electron chi connectivity index (χ2n) is 5.58. The minimum Gasteiger partial charge on any atom is -0.466 e. The molecule has 1 atom stereocenters. The Hall–Kier alpha value is -3.22. The van der Waals surface area contributed by atoms with Gasteiger partial charge in [0, 0.05) is 12.6 Å². The summed E-state index contributed by atoms with van der Waals surface area (Å²) in [6, 6.07) is 9.52. The van der Waals surface area contributed by atoms with Gasteiger partial charge in [-0.25, -0.2) is 9.78 Å². The zero-order chi connectivity index (χ0) is 18.8. The van der Waals surface area contributed by atoms with E-state index in [1.54, 1.807) is 6.92 Å². The number of benzene rings is 1. The van der Waals surface area contributed by atoms with Crippen molar-refractivity contribution in [2.75, 3.05) is 19.0 Å². The molecule has 0 aliphatic heterocycles. The predicted molar refractivity (Wildman–Crippen MR) is 99.3 cm³/mol. The van der Waals surface area contributed by atoms with Gasteiger partial charge in [-0.2, -0.15) is 0 Å². The number of amides is 1. The van der Waals surface area contributed by atoms with Crippen molar-refractivity contribution in [3.8, 4) is 0 Å². The molecule has 0 bridgehead atoms. The van der Waals surface area contributed by atoms with Gasteiger partial charge in [-0.3, -0.25) is 9.78 Å². The third-order valence-corrected chi connectivity index (χ3v) is 3.58. The molecule has 7 nitrogen and oxygen atoms in total. The molecular formula is C19H22N4O3. The number of nitrogens with one attached hydrogen (secondary N) is 2. The summed E-state index contributed by atoms with van der Waals surface area (Å²) in [5, 5.41) is 5.88. The molecular weight excluding hydrogens is 332 g/mol. The molecule has 1 amide bonds. The number of anilines is 1. The van der Waals surface area contributed by atoms with Crippen molar-refractivity contribution in [2.45, 2.75) is 19.4 Å². The Balaban J connectivity index is 1.79. The topological polar surface area (TPSA) is 93.2 Å². The normalized spacial score (nSPS) is 11.8.